The van der Waals surface area contributed by atoms with Crippen molar-refractivity contribution in [3.8, 4) is 22.3 Å². The van der Waals surface area contributed by atoms with Crippen LogP contribution in [-0.2, 0) is 0 Å². The van der Waals surface area contributed by atoms with Crippen LogP contribution in [0.1, 0.15) is 0 Å². The fourth-order valence-electron chi connectivity index (χ4n) is 4.00. The quantitative estimate of drug-likeness (QED) is 0.290. The highest BCUT2D eigenvalue weighted by molar-refractivity contribution is 6.21. The van der Waals surface area contributed by atoms with Gasteiger partial charge in [-0.2, -0.15) is 0 Å². The summed E-state index contributed by atoms with van der Waals surface area (Å²) in [4.78, 5) is 0. The predicted molar refractivity (Wildman–Crippen MR) is 112 cm³/mol. The Bertz CT molecular complexity index is 1210. The standard InChI is InChI=1S/C26H17F/c27-20-12-8-11-19(17-20)26-23-15-6-4-13-21(23)25(18-9-2-1-3-10-18)22-14-5-7-16-24(22)26/h1-17H. The molecule has 0 bridgehead atoms. The minimum atomic E-state index is -0.215. The van der Waals surface area contributed by atoms with Crippen molar-refractivity contribution >= 4 is 21.5 Å². The van der Waals surface area contributed by atoms with Gasteiger partial charge in [0.1, 0.15) is 5.82 Å². The van der Waals surface area contributed by atoms with Crippen LogP contribution in [0.2, 0.25) is 0 Å². The number of fused-ring (bicyclic) bond motifs is 2. The van der Waals surface area contributed by atoms with Crippen LogP contribution in [-0.4, -0.2) is 0 Å². The molecule has 0 spiro atoms. The van der Waals surface area contributed by atoms with Gasteiger partial charge in [-0.3, -0.25) is 0 Å². The van der Waals surface area contributed by atoms with Crippen molar-refractivity contribution in [2.24, 2.45) is 0 Å². The summed E-state index contributed by atoms with van der Waals surface area (Å²) < 4.78 is 14.0. The van der Waals surface area contributed by atoms with Crippen LogP contribution in [0.4, 0.5) is 4.39 Å². The van der Waals surface area contributed by atoms with Gasteiger partial charge in [0.2, 0.25) is 0 Å². The Balaban J connectivity index is 2.01. The van der Waals surface area contributed by atoms with Gasteiger partial charge in [0.15, 0.2) is 0 Å². The first kappa shape index (κ1) is 15.8. The zero-order valence-corrected chi connectivity index (χ0v) is 14.7. The van der Waals surface area contributed by atoms with Gasteiger partial charge in [-0.25, -0.2) is 4.39 Å². The lowest BCUT2D eigenvalue weighted by molar-refractivity contribution is 0.628. The van der Waals surface area contributed by atoms with Crippen LogP contribution < -0.4 is 0 Å². The fourth-order valence-corrected chi connectivity index (χ4v) is 4.00. The molecular formula is C26H17F. The van der Waals surface area contributed by atoms with Crippen molar-refractivity contribution in [1.29, 1.82) is 0 Å². The summed E-state index contributed by atoms with van der Waals surface area (Å²) in [6.07, 6.45) is 0. The molecule has 5 rings (SSSR count). The molecular weight excluding hydrogens is 331 g/mol. The summed E-state index contributed by atoms with van der Waals surface area (Å²) >= 11 is 0. The van der Waals surface area contributed by atoms with Gasteiger partial charge >= 0.3 is 0 Å². The van der Waals surface area contributed by atoms with Crippen LogP contribution in [0.3, 0.4) is 0 Å². The minimum Gasteiger partial charge on any atom is -0.207 e. The third kappa shape index (κ3) is 2.60. The van der Waals surface area contributed by atoms with Gasteiger partial charge in [0.25, 0.3) is 0 Å². The highest BCUT2D eigenvalue weighted by Crippen LogP contribution is 2.43. The van der Waals surface area contributed by atoms with Gasteiger partial charge in [-0.05, 0) is 55.9 Å². The first-order chi connectivity index (χ1) is 13.3. The molecule has 0 amide bonds. The largest absolute Gasteiger partial charge is 0.207 e. The van der Waals surface area contributed by atoms with Crippen molar-refractivity contribution in [2.75, 3.05) is 0 Å². The van der Waals surface area contributed by atoms with E-state index in [-0.39, 0.29) is 5.82 Å². The molecule has 0 saturated heterocycles. The molecule has 0 fully saturated rings. The molecule has 1 heteroatoms. The molecule has 0 aliphatic heterocycles. The van der Waals surface area contributed by atoms with Gasteiger partial charge in [-0.15, -0.1) is 0 Å². The lowest BCUT2D eigenvalue weighted by Gasteiger charge is -2.17. The van der Waals surface area contributed by atoms with Crippen LogP contribution in [0.25, 0.3) is 43.8 Å². The molecule has 0 aliphatic rings. The van der Waals surface area contributed by atoms with E-state index in [1.807, 2.05) is 12.1 Å². The molecule has 5 aromatic carbocycles. The van der Waals surface area contributed by atoms with E-state index in [1.54, 1.807) is 12.1 Å². The van der Waals surface area contributed by atoms with E-state index >= 15 is 0 Å². The smallest absolute Gasteiger partial charge is 0.123 e. The maximum atomic E-state index is 14.0. The molecule has 0 saturated carbocycles. The van der Waals surface area contributed by atoms with Crippen molar-refractivity contribution in [2.45, 2.75) is 0 Å². The summed E-state index contributed by atoms with van der Waals surface area (Å²) in [5.41, 5.74) is 4.40. The van der Waals surface area contributed by atoms with E-state index in [0.717, 1.165) is 21.9 Å². The van der Waals surface area contributed by atoms with E-state index in [9.17, 15) is 4.39 Å². The lowest BCUT2D eigenvalue weighted by atomic mass is 9.86. The molecule has 0 aliphatic carbocycles. The summed E-state index contributed by atoms with van der Waals surface area (Å²) in [6.45, 7) is 0. The third-order valence-electron chi connectivity index (χ3n) is 5.11. The van der Waals surface area contributed by atoms with E-state index in [4.69, 9.17) is 0 Å². The zero-order chi connectivity index (χ0) is 18.2. The van der Waals surface area contributed by atoms with E-state index < -0.39 is 0 Å². The average molecular weight is 348 g/mol. The fraction of sp³-hybridized carbons (Fsp3) is 0. The van der Waals surface area contributed by atoms with E-state index in [2.05, 4.69) is 72.8 Å². The normalized spacial score (nSPS) is 11.1. The predicted octanol–water partition coefficient (Wildman–Crippen LogP) is 7.47. The molecule has 0 heterocycles. The molecule has 5 aromatic rings. The van der Waals surface area contributed by atoms with Gasteiger partial charge in [-0.1, -0.05) is 91.0 Å². The molecule has 128 valence electrons. The number of benzene rings is 5. The second kappa shape index (κ2) is 6.37. The van der Waals surface area contributed by atoms with Gasteiger partial charge in [0.05, 0.1) is 0 Å². The van der Waals surface area contributed by atoms with Gasteiger partial charge < -0.3 is 0 Å². The van der Waals surface area contributed by atoms with Crippen molar-refractivity contribution in [3.05, 3.63) is 109 Å². The highest BCUT2D eigenvalue weighted by Gasteiger charge is 2.16. The number of hydrogen-bond donors (Lipinski definition) is 0. The number of rotatable bonds is 2. The Morgan fingerprint density at radius 2 is 0.852 bits per heavy atom. The van der Waals surface area contributed by atoms with Crippen LogP contribution in [0.5, 0.6) is 0 Å². The average Bonchev–Trinajstić information content (AvgIpc) is 2.72. The van der Waals surface area contributed by atoms with E-state index in [1.165, 1.54) is 28.0 Å². The SMILES string of the molecule is Fc1cccc(-c2c3ccccc3c(-c3ccccc3)c3ccccc23)c1. The zero-order valence-electron chi connectivity index (χ0n) is 14.7. The van der Waals surface area contributed by atoms with Crippen molar-refractivity contribution < 1.29 is 4.39 Å². The van der Waals surface area contributed by atoms with Gasteiger partial charge in [0, 0.05) is 0 Å². The molecule has 0 unspecified atom stereocenters. The second-order valence-corrected chi connectivity index (χ2v) is 6.72. The molecule has 0 N–H and O–H groups in total. The Kier molecular flexibility index (Phi) is 3.72. The Labute approximate surface area is 157 Å². The second-order valence-electron chi connectivity index (χ2n) is 6.72. The lowest BCUT2D eigenvalue weighted by Crippen LogP contribution is -1.90. The number of hydrogen-bond acceptors (Lipinski definition) is 0. The third-order valence-corrected chi connectivity index (χ3v) is 5.11. The first-order valence-corrected chi connectivity index (χ1v) is 9.08. The topological polar surface area (TPSA) is 0 Å². The Morgan fingerprint density at radius 3 is 1.37 bits per heavy atom. The maximum Gasteiger partial charge on any atom is 0.123 e. The minimum absolute atomic E-state index is 0.215. The summed E-state index contributed by atoms with van der Waals surface area (Å²) in [5, 5.41) is 4.64. The monoisotopic (exact) mass is 348 g/mol. The molecule has 0 nitrogen and oxygen atoms in total. The molecule has 0 radical (unpaired) electrons. The van der Waals surface area contributed by atoms with E-state index in [0.29, 0.717) is 0 Å². The van der Waals surface area contributed by atoms with Crippen LogP contribution >= 0.6 is 0 Å². The first-order valence-electron chi connectivity index (χ1n) is 9.08. The summed E-state index contributed by atoms with van der Waals surface area (Å²) in [6, 6.07) is 34.2. The summed E-state index contributed by atoms with van der Waals surface area (Å²) in [7, 11) is 0. The van der Waals surface area contributed by atoms with Crippen LogP contribution in [0.15, 0.2) is 103 Å². The Morgan fingerprint density at radius 1 is 0.407 bits per heavy atom. The highest BCUT2D eigenvalue weighted by atomic mass is 19.1. The van der Waals surface area contributed by atoms with Crippen molar-refractivity contribution in [3.63, 3.8) is 0 Å². The molecule has 27 heavy (non-hydrogen) atoms. The number of halogens is 1. The molecule has 0 atom stereocenters. The Hall–Kier alpha value is -3.45. The van der Waals surface area contributed by atoms with Crippen LogP contribution in [0, 0.1) is 5.82 Å². The summed E-state index contributed by atoms with van der Waals surface area (Å²) in [5.74, 6) is -0.215. The van der Waals surface area contributed by atoms with Crippen molar-refractivity contribution in [1.82, 2.24) is 0 Å². The maximum absolute atomic E-state index is 14.0. The molecule has 0 aromatic heterocycles.